The highest BCUT2D eigenvalue weighted by atomic mass is 15.3. The Kier molecular flexibility index (Phi) is 10.3. The molecule has 0 fully saturated rings. The Balaban J connectivity index is 1.26. The van der Waals surface area contributed by atoms with Crippen LogP contribution in [0.4, 0.5) is 17.1 Å². The van der Waals surface area contributed by atoms with E-state index in [0.29, 0.717) is 11.8 Å². The Morgan fingerprint density at radius 3 is 1.86 bits per heavy atom. The number of fused-ring (bicyclic) bond motifs is 5. The van der Waals surface area contributed by atoms with E-state index in [2.05, 4.69) is 243 Å². The van der Waals surface area contributed by atoms with Crippen LogP contribution in [-0.2, 0) is 16.2 Å². The molecule has 5 heteroatoms. The number of hydrogen-bond acceptors (Lipinski definition) is 3. The van der Waals surface area contributed by atoms with Crippen molar-refractivity contribution in [2.75, 3.05) is 4.90 Å². The maximum atomic E-state index is 5.74. The van der Waals surface area contributed by atoms with Gasteiger partial charge in [-0.2, -0.15) is 5.10 Å². The number of anilines is 3. The van der Waals surface area contributed by atoms with Crippen molar-refractivity contribution in [2.24, 2.45) is 0 Å². The first-order valence-corrected chi connectivity index (χ1v) is 23.8. The lowest BCUT2D eigenvalue weighted by Crippen LogP contribution is -2.31. The van der Waals surface area contributed by atoms with Gasteiger partial charge in [-0.25, -0.2) is 9.67 Å². The first-order valence-electron chi connectivity index (χ1n) is 23.8. The molecule has 10 rings (SSSR count). The molecule has 0 radical (unpaired) electrons. The summed E-state index contributed by atoms with van der Waals surface area (Å²) in [5.74, 6) is 1.58. The Hall–Kier alpha value is -6.72. The van der Waals surface area contributed by atoms with Crippen LogP contribution in [0.1, 0.15) is 128 Å². The Bertz CT molecular complexity index is 3280. The van der Waals surface area contributed by atoms with E-state index < -0.39 is 0 Å². The van der Waals surface area contributed by atoms with Crippen molar-refractivity contribution < 1.29 is 0 Å². The van der Waals surface area contributed by atoms with Gasteiger partial charge in [0.2, 0.25) is 0 Å². The summed E-state index contributed by atoms with van der Waals surface area (Å²) in [6.45, 7) is 27.8. The van der Waals surface area contributed by atoms with Crippen molar-refractivity contribution in [1.82, 2.24) is 19.3 Å². The Labute approximate surface area is 391 Å². The van der Waals surface area contributed by atoms with Gasteiger partial charge >= 0.3 is 0 Å². The molecule has 0 bridgehead atoms. The van der Waals surface area contributed by atoms with Crippen molar-refractivity contribution >= 4 is 38.9 Å². The third kappa shape index (κ3) is 6.98. The zero-order valence-corrected chi connectivity index (χ0v) is 40.8. The molecule has 0 spiro atoms. The first-order chi connectivity index (χ1) is 31.4. The van der Waals surface area contributed by atoms with Crippen molar-refractivity contribution in [2.45, 2.75) is 111 Å². The number of rotatable bonds is 7. The number of para-hydroxylation sites is 2. The van der Waals surface area contributed by atoms with Crippen LogP contribution in [0.25, 0.3) is 55.7 Å². The second-order valence-corrected chi connectivity index (χ2v) is 21.6. The highest BCUT2D eigenvalue weighted by molar-refractivity contribution is 6.10. The van der Waals surface area contributed by atoms with E-state index in [1.54, 1.807) is 0 Å². The Morgan fingerprint density at radius 1 is 0.530 bits per heavy atom. The first kappa shape index (κ1) is 43.2. The molecule has 9 aromatic rings. The molecular weight excluding hydrogens is 803 g/mol. The molecule has 0 saturated carbocycles. The van der Waals surface area contributed by atoms with Gasteiger partial charge in [-0.3, -0.25) is 4.57 Å². The molecule has 6 aromatic carbocycles. The molecule has 5 nitrogen and oxygen atoms in total. The fraction of sp³-hybridized carbons (Fsp3) is 0.279. The van der Waals surface area contributed by atoms with Gasteiger partial charge in [0.15, 0.2) is 0 Å². The van der Waals surface area contributed by atoms with Gasteiger partial charge in [0.1, 0.15) is 11.5 Å². The molecule has 332 valence electrons. The third-order valence-electron chi connectivity index (χ3n) is 14.0. The van der Waals surface area contributed by atoms with Gasteiger partial charge in [0.25, 0.3) is 0 Å². The summed E-state index contributed by atoms with van der Waals surface area (Å²) in [7, 11) is 0. The summed E-state index contributed by atoms with van der Waals surface area (Å²) in [6.07, 6.45) is 1.96. The average molecular weight is 866 g/mol. The number of benzene rings is 6. The van der Waals surface area contributed by atoms with E-state index in [0.717, 1.165) is 45.2 Å². The van der Waals surface area contributed by atoms with Crippen LogP contribution in [-0.4, -0.2) is 19.3 Å². The SMILES string of the molecule is CC(C)c1cccc(C(C)C)c1-c1c(-c2ccccc2)nn(-c2ccc3c(c2)N(c2ccc4c5ccccc5n(-c5cc(C(C)(C)C)ccn5)c4c2)c2ccccc2C3(C)C)c1C(C)(C)C. The minimum Gasteiger partial charge on any atom is -0.310 e. The van der Waals surface area contributed by atoms with Gasteiger partial charge in [0, 0.05) is 44.6 Å². The Morgan fingerprint density at radius 2 is 1.17 bits per heavy atom. The zero-order valence-electron chi connectivity index (χ0n) is 40.8. The second kappa shape index (κ2) is 15.7. The lowest BCUT2D eigenvalue weighted by atomic mass is 9.73. The molecule has 0 unspecified atom stereocenters. The fourth-order valence-corrected chi connectivity index (χ4v) is 10.6. The minimum atomic E-state index is -0.272. The molecular formula is C61H63N5. The van der Waals surface area contributed by atoms with E-state index in [9.17, 15) is 0 Å². The van der Waals surface area contributed by atoms with Crippen LogP contribution >= 0.6 is 0 Å². The van der Waals surface area contributed by atoms with Crippen LogP contribution in [0.15, 0.2) is 152 Å². The molecule has 3 aromatic heterocycles. The zero-order chi connectivity index (χ0) is 46.4. The quantitative estimate of drug-likeness (QED) is 0.160. The van der Waals surface area contributed by atoms with Gasteiger partial charge in [-0.1, -0.05) is 180 Å². The molecule has 0 amide bonds. The van der Waals surface area contributed by atoms with E-state index in [4.69, 9.17) is 10.1 Å². The van der Waals surface area contributed by atoms with Crippen molar-refractivity contribution in [3.05, 3.63) is 185 Å². The summed E-state index contributed by atoms with van der Waals surface area (Å²) in [4.78, 5) is 7.51. The summed E-state index contributed by atoms with van der Waals surface area (Å²) in [5.41, 5.74) is 18.6. The van der Waals surface area contributed by atoms with Crippen molar-refractivity contribution in [1.29, 1.82) is 0 Å². The molecule has 0 aliphatic carbocycles. The molecule has 0 atom stereocenters. The van der Waals surface area contributed by atoms with Crippen LogP contribution < -0.4 is 4.90 Å². The van der Waals surface area contributed by atoms with E-state index in [1.165, 1.54) is 61.1 Å². The molecule has 1 aliphatic rings. The fourth-order valence-electron chi connectivity index (χ4n) is 10.6. The maximum Gasteiger partial charge on any atom is 0.137 e. The second-order valence-electron chi connectivity index (χ2n) is 21.6. The number of aromatic nitrogens is 4. The van der Waals surface area contributed by atoms with Gasteiger partial charge < -0.3 is 4.90 Å². The molecule has 66 heavy (non-hydrogen) atoms. The largest absolute Gasteiger partial charge is 0.310 e. The standard InChI is InChI=1S/C61H63N5/c1-38(2)44-24-20-25-45(39(3)4)55(44)56-57(40-21-14-13-15-22-40)63-66(58(56)60(8,9)10)43-30-32-49-53(37-43)64(51-28-19-17-26-48(51)61(49,11)12)42-29-31-47-46-23-16-18-27-50(46)65(52(47)36-42)54-35-41(33-34-62-54)59(5,6)7/h13-39H,1-12H3. The van der Waals surface area contributed by atoms with Crippen LogP contribution in [0.2, 0.25) is 0 Å². The van der Waals surface area contributed by atoms with Gasteiger partial charge in [-0.15, -0.1) is 0 Å². The van der Waals surface area contributed by atoms with Crippen LogP contribution in [0, 0.1) is 0 Å². The predicted octanol–water partition coefficient (Wildman–Crippen LogP) is 16.6. The third-order valence-corrected chi connectivity index (χ3v) is 14.0. The lowest BCUT2D eigenvalue weighted by Gasteiger charge is -2.42. The highest BCUT2D eigenvalue weighted by Crippen LogP contribution is 2.54. The average Bonchev–Trinajstić information content (AvgIpc) is 3.86. The predicted molar refractivity (Wildman–Crippen MR) is 279 cm³/mol. The van der Waals surface area contributed by atoms with E-state index in [-0.39, 0.29) is 16.2 Å². The van der Waals surface area contributed by atoms with Crippen LogP contribution in [0.3, 0.4) is 0 Å². The molecule has 1 aliphatic heterocycles. The topological polar surface area (TPSA) is 38.9 Å². The van der Waals surface area contributed by atoms with Crippen LogP contribution in [0.5, 0.6) is 0 Å². The molecule has 0 N–H and O–H groups in total. The number of nitrogens with zero attached hydrogens (tertiary/aromatic N) is 5. The summed E-state index contributed by atoms with van der Waals surface area (Å²) in [6, 6.07) is 53.9. The maximum absolute atomic E-state index is 5.74. The highest BCUT2D eigenvalue weighted by Gasteiger charge is 2.39. The van der Waals surface area contributed by atoms with Gasteiger partial charge in [-0.05, 0) is 99.2 Å². The van der Waals surface area contributed by atoms with Crippen molar-refractivity contribution in [3.8, 4) is 33.9 Å². The lowest BCUT2D eigenvalue weighted by molar-refractivity contribution is 0.545. The smallest absolute Gasteiger partial charge is 0.137 e. The normalized spacial score (nSPS) is 13.8. The van der Waals surface area contributed by atoms with E-state index in [1.807, 2.05) is 6.20 Å². The number of pyridine rings is 1. The summed E-state index contributed by atoms with van der Waals surface area (Å²) < 4.78 is 4.63. The molecule has 0 saturated heterocycles. The summed E-state index contributed by atoms with van der Waals surface area (Å²) in [5, 5.41) is 8.16. The minimum absolute atomic E-state index is 0.0219. The van der Waals surface area contributed by atoms with E-state index >= 15 is 0 Å². The number of hydrogen-bond donors (Lipinski definition) is 0. The monoisotopic (exact) mass is 866 g/mol. The molecule has 4 heterocycles. The van der Waals surface area contributed by atoms with Gasteiger partial charge in [0.05, 0.1) is 33.8 Å². The van der Waals surface area contributed by atoms with Crippen molar-refractivity contribution in [3.63, 3.8) is 0 Å². The summed E-state index contributed by atoms with van der Waals surface area (Å²) >= 11 is 0.